The van der Waals surface area contributed by atoms with Gasteiger partial charge in [0.15, 0.2) is 0 Å². The number of Topliss-reactive ketones (excluding diaryl/α,β-unsaturated/α-hetero) is 1. The number of hydrogen-bond donors (Lipinski definition) is 3. The maximum atomic E-state index is 12.9. The number of aromatic amines is 1. The SMILES string of the molecule is Cc1cccc(NC(=O)c2ccccc2NC(=O)C(=O)c2c(C)[nH]c3ccccc23)c1. The normalized spacial score (nSPS) is 10.6. The van der Waals surface area contributed by atoms with E-state index in [2.05, 4.69) is 15.6 Å². The van der Waals surface area contributed by atoms with Crippen molar-refractivity contribution in [2.24, 2.45) is 0 Å². The van der Waals surface area contributed by atoms with E-state index >= 15 is 0 Å². The number of aromatic nitrogens is 1. The van der Waals surface area contributed by atoms with Crippen molar-refractivity contribution in [2.45, 2.75) is 13.8 Å². The second-order valence-corrected chi connectivity index (χ2v) is 7.32. The van der Waals surface area contributed by atoms with Gasteiger partial charge in [-0.2, -0.15) is 0 Å². The number of ketones is 1. The Morgan fingerprint density at radius 3 is 2.35 bits per heavy atom. The van der Waals surface area contributed by atoms with Crippen LogP contribution in [0.5, 0.6) is 0 Å². The van der Waals surface area contributed by atoms with Crippen LogP contribution in [0.3, 0.4) is 0 Å². The number of amides is 2. The van der Waals surface area contributed by atoms with Gasteiger partial charge in [-0.25, -0.2) is 0 Å². The first-order chi connectivity index (χ1) is 14.9. The molecule has 0 bridgehead atoms. The number of carbonyl (C=O) groups excluding carboxylic acids is 3. The summed E-state index contributed by atoms with van der Waals surface area (Å²) in [5.74, 6) is -1.84. The van der Waals surface area contributed by atoms with Gasteiger partial charge in [0.2, 0.25) is 0 Å². The lowest BCUT2D eigenvalue weighted by Gasteiger charge is -2.11. The Labute approximate surface area is 179 Å². The Bertz CT molecular complexity index is 1320. The molecule has 0 aliphatic carbocycles. The number of aryl methyl sites for hydroxylation is 2. The van der Waals surface area contributed by atoms with Crippen LogP contribution in [0.25, 0.3) is 10.9 Å². The molecule has 31 heavy (non-hydrogen) atoms. The lowest BCUT2D eigenvalue weighted by atomic mass is 10.1. The van der Waals surface area contributed by atoms with Gasteiger partial charge in [0.05, 0.1) is 16.8 Å². The summed E-state index contributed by atoms with van der Waals surface area (Å²) >= 11 is 0. The number of hydrogen-bond acceptors (Lipinski definition) is 3. The van der Waals surface area contributed by atoms with E-state index in [-0.39, 0.29) is 17.2 Å². The molecule has 0 aliphatic heterocycles. The first-order valence-corrected chi connectivity index (χ1v) is 9.84. The number of nitrogens with one attached hydrogen (secondary N) is 3. The molecule has 3 aromatic carbocycles. The van der Waals surface area contributed by atoms with E-state index in [0.717, 1.165) is 11.1 Å². The lowest BCUT2D eigenvalue weighted by molar-refractivity contribution is -0.112. The molecule has 0 saturated heterocycles. The van der Waals surface area contributed by atoms with Crippen molar-refractivity contribution < 1.29 is 14.4 Å². The molecule has 4 aromatic rings. The maximum Gasteiger partial charge on any atom is 0.296 e. The molecule has 0 atom stereocenters. The van der Waals surface area contributed by atoms with Gasteiger partial charge in [-0.15, -0.1) is 0 Å². The van der Waals surface area contributed by atoms with E-state index in [1.807, 2.05) is 43.3 Å². The zero-order valence-corrected chi connectivity index (χ0v) is 17.2. The molecule has 154 valence electrons. The predicted octanol–water partition coefficient (Wildman–Crippen LogP) is 4.86. The quantitative estimate of drug-likeness (QED) is 0.324. The first kappa shape index (κ1) is 20.1. The minimum absolute atomic E-state index is 0.265. The highest BCUT2D eigenvalue weighted by molar-refractivity contribution is 6.49. The summed E-state index contributed by atoms with van der Waals surface area (Å²) in [6, 6.07) is 21.3. The van der Waals surface area contributed by atoms with E-state index in [1.54, 1.807) is 43.3 Å². The minimum atomic E-state index is -0.802. The van der Waals surface area contributed by atoms with Crippen LogP contribution in [0.4, 0.5) is 11.4 Å². The average molecular weight is 411 g/mol. The highest BCUT2D eigenvalue weighted by Crippen LogP contribution is 2.24. The number of fused-ring (bicyclic) bond motifs is 1. The van der Waals surface area contributed by atoms with Crippen LogP contribution < -0.4 is 10.6 Å². The van der Waals surface area contributed by atoms with Crippen LogP contribution in [0.1, 0.15) is 32.0 Å². The number of benzene rings is 3. The fraction of sp³-hybridized carbons (Fsp3) is 0.0800. The topological polar surface area (TPSA) is 91.1 Å². The summed E-state index contributed by atoms with van der Waals surface area (Å²) in [4.78, 5) is 41.6. The summed E-state index contributed by atoms with van der Waals surface area (Å²) in [6.07, 6.45) is 0. The molecule has 0 aliphatic rings. The molecule has 0 radical (unpaired) electrons. The largest absolute Gasteiger partial charge is 0.358 e. The van der Waals surface area contributed by atoms with Crippen LogP contribution in [-0.4, -0.2) is 22.6 Å². The van der Waals surface area contributed by atoms with Crippen LogP contribution in [0.2, 0.25) is 0 Å². The van der Waals surface area contributed by atoms with Gasteiger partial charge >= 0.3 is 0 Å². The van der Waals surface area contributed by atoms with Crippen LogP contribution in [-0.2, 0) is 4.79 Å². The smallest absolute Gasteiger partial charge is 0.296 e. The van der Waals surface area contributed by atoms with Crippen molar-refractivity contribution in [3.05, 3.63) is 95.2 Å². The van der Waals surface area contributed by atoms with E-state index in [0.29, 0.717) is 22.3 Å². The Hall–Kier alpha value is -4.19. The molecule has 0 spiro atoms. The number of H-pyrrole nitrogens is 1. The summed E-state index contributed by atoms with van der Waals surface area (Å²) in [5, 5.41) is 6.11. The van der Waals surface area contributed by atoms with Crippen molar-refractivity contribution >= 4 is 39.9 Å². The van der Waals surface area contributed by atoms with Gasteiger partial charge in [-0.05, 0) is 49.7 Å². The molecule has 3 N–H and O–H groups in total. The maximum absolute atomic E-state index is 12.9. The predicted molar refractivity (Wildman–Crippen MR) is 122 cm³/mol. The number of para-hydroxylation sites is 2. The Kier molecular flexibility index (Phi) is 5.37. The molecule has 2 amide bonds. The number of rotatable bonds is 5. The van der Waals surface area contributed by atoms with E-state index in [9.17, 15) is 14.4 Å². The zero-order valence-electron chi connectivity index (χ0n) is 17.2. The van der Waals surface area contributed by atoms with Gasteiger partial charge in [-0.3, -0.25) is 14.4 Å². The van der Waals surface area contributed by atoms with Crippen molar-refractivity contribution in [2.75, 3.05) is 10.6 Å². The molecule has 1 aromatic heterocycles. The van der Waals surface area contributed by atoms with Crippen LogP contribution in [0, 0.1) is 13.8 Å². The fourth-order valence-electron chi connectivity index (χ4n) is 3.57. The molecule has 0 unspecified atom stereocenters. The molecule has 6 nitrogen and oxygen atoms in total. The third-order valence-corrected chi connectivity index (χ3v) is 5.02. The summed E-state index contributed by atoms with van der Waals surface area (Å²) in [6.45, 7) is 3.69. The highest BCUT2D eigenvalue weighted by atomic mass is 16.2. The second kappa shape index (κ2) is 8.28. The molecule has 0 fully saturated rings. The van der Waals surface area contributed by atoms with E-state index < -0.39 is 11.7 Å². The Morgan fingerprint density at radius 1 is 0.806 bits per heavy atom. The Balaban J connectivity index is 1.58. The third-order valence-electron chi connectivity index (χ3n) is 5.02. The van der Waals surface area contributed by atoms with Crippen molar-refractivity contribution in [1.29, 1.82) is 0 Å². The molecule has 0 saturated carbocycles. The van der Waals surface area contributed by atoms with E-state index in [4.69, 9.17) is 0 Å². The lowest BCUT2D eigenvalue weighted by Crippen LogP contribution is -2.25. The highest BCUT2D eigenvalue weighted by Gasteiger charge is 2.24. The van der Waals surface area contributed by atoms with E-state index in [1.165, 1.54) is 0 Å². The summed E-state index contributed by atoms with van der Waals surface area (Å²) < 4.78 is 0. The Morgan fingerprint density at radius 2 is 1.55 bits per heavy atom. The third kappa shape index (κ3) is 4.09. The summed E-state index contributed by atoms with van der Waals surface area (Å²) in [5.41, 5.74) is 3.93. The monoisotopic (exact) mass is 411 g/mol. The summed E-state index contributed by atoms with van der Waals surface area (Å²) in [7, 11) is 0. The molecular formula is C25H21N3O3. The minimum Gasteiger partial charge on any atom is -0.358 e. The standard InChI is InChI=1S/C25H21N3O3/c1-15-8-7-9-17(14-15)27-24(30)19-11-4-6-13-21(19)28-25(31)23(29)22-16(2)26-20-12-5-3-10-18(20)22/h3-14,26H,1-2H3,(H,27,30)(H,28,31). The van der Waals surface area contributed by atoms with Gasteiger partial charge in [0, 0.05) is 22.3 Å². The number of anilines is 2. The molecule has 6 heteroatoms. The van der Waals surface area contributed by atoms with Gasteiger partial charge in [-0.1, -0.05) is 42.5 Å². The molecule has 1 heterocycles. The van der Waals surface area contributed by atoms with Crippen LogP contribution in [0.15, 0.2) is 72.8 Å². The number of carbonyl (C=O) groups is 3. The second-order valence-electron chi connectivity index (χ2n) is 7.32. The fourth-order valence-corrected chi connectivity index (χ4v) is 3.57. The van der Waals surface area contributed by atoms with Crippen LogP contribution >= 0.6 is 0 Å². The van der Waals surface area contributed by atoms with Gasteiger partial charge in [0.25, 0.3) is 17.6 Å². The first-order valence-electron chi connectivity index (χ1n) is 9.84. The van der Waals surface area contributed by atoms with Crippen molar-refractivity contribution in [3.63, 3.8) is 0 Å². The van der Waals surface area contributed by atoms with Gasteiger partial charge in [0.1, 0.15) is 0 Å². The zero-order chi connectivity index (χ0) is 22.0. The van der Waals surface area contributed by atoms with Gasteiger partial charge < -0.3 is 15.6 Å². The average Bonchev–Trinajstić information content (AvgIpc) is 3.09. The van der Waals surface area contributed by atoms with Crippen molar-refractivity contribution in [1.82, 2.24) is 4.98 Å². The van der Waals surface area contributed by atoms with Crippen molar-refractivity contribution in [3.8, 4) is 0 Å². The molecule has 4 rings (SSSR count). The molecular weight excluding hydrogens is 390 g/mol.